The average Bonchev–Trinajstić information content (AvgIpc) is 2.68. The van der Waals surface area contributed by atoms with Crippen LogP contribution in [-0.2, 0) is 0 Å². The molecule has 0 unspecified atom stereocenters. The Morgan fingerprint density at radius 1 is 1.04 bits per heavy atom. The van der Waals surface area contributed by atoms with E-state index in [0.717, 1.165) is 48.4 Å². The Morgan fingerprint density at radius 2 is 1.85 bits per heavy atom. The van der Waals surface area contributed by atoms with Crippen LogP contribution in [0.25, 0.3) is 10.8 Å². The molecular weight excluding hydrogens is 324 g/mol. The van der Waals surface area contributed by atoms with Crippen LogP contribution in [0.5, 0.6) is 5.75 Å². The number of ether oxygens (including phenoxy) is 1. The van der Waals surface area contributed by atoms with Crippen LogP contribution in [0.2, 0.25) is 0 Å². The molecule has 1 aromatic heterocycles. The number of fused-ring (bicyclic) bond motifs is 1. The maximum absolute atomic E-state index is 11.8. The van der Waals surface area contributed by atoms with E-state index in [0.29, 0.717) is 6.10 Å². The maximum atomic E-state index is 11.8. The Hall–Kier alpha value is -1.81. The molecule has 2 aromatic rings. The summed E-state index contributed by atoms with van der Waals surface area (Å²) >= 11 is 0. The Morgan fingerprint density at radius 3 is 2.65 bits per heavy atom. The number of H-pyrrole nitrogens is 1. The molecule has 1 saturated carbocycles. The van der Waals surface area contributed by atoms with Crippen molar-refractivity contribution in [3.63, 3.8) is 0 Å². The van der Waals surface area contributed by atoms with Crippen molar-refractivity contribution >= 4 is 10.8 Å². The SMILES string of the molecule is O=c1[nH]ccc2cc(OC3CCN(CCC4CCCCC4)CC3)ccc12. The lowest BCUT2D eigenvalue weighted by Gasteiger charge is -2.33. The van der Waals surface area contributed by atoms with Gasteiger partial charge in [0, 0.05) is 24.7 Å². The van der Waals surface area contributed by atoms with Crippen LogP contribution in [0.4, 0.5) is 0 Å². The summed E-state index contributed by atoms with van der Waals surface area (Å²) in [6.07, 6.45) is 12.8. The van der Waals surface area contributed by atoms with Crippen molar-refractivity contribution in [1.29, 1.82) is 0 Å². The van der Waals surface area contributed by atoms with Crippen LogP contribution in [0, 0.1) is 5.92 Å². The van der Waals surface area contributed by atoms with Gasteiger partial charge in [0.2, 0.25) is 0 Å². The molecule has 1 saturated heterocycles. The largest absolute Gasteiger partial charge is 0.490 e. The third-order valence-corrected chi connectivity index (χ3v) is 6.16. The maximum Gasteiger partial charge on any atom is 0.255 e. The highest BCUT2D eigenvalue weighted by atomic mass is 16.5. The van der Waals surface area contributed by atoms with E-state index >= 15 is 0 Å². The molecule has 4 rings (SSSR count). The van der Waals surface area contributed by atoms with Crippen LogP contribution >= 0.6 is 0 Å². The summed E-state index contributed by atoms with van der Waals surface area (Å²) in [4.78, 5) is 17.1. The van der Waals surface area contributed by atoms with Crippen molar-refractivity contribution in [2.24, 2.45) is 5.92 Å². The number of hydrogen-bond acceptors (Lipinski definition) is 3. The Kier molecular flexibility index (Phi) is 5.59. The van der Waals surface area contributed by atoms with E-state index in [1.54, 1.807) is 6.20 Å². The van der Waals surface area contributed by atoms with E-state index in [1.807, 2.05) is 24.3 Å². The van der Waals surface area contributed by atoms with E-state index < -0.39 is 0 Å². The molecule has 1 aliphatic heterocycles. The van der Waals surface area contributed by atoms with Gasteiger partial charge in [0.25, 0.3) is 5.56 Å². The first kappa shape index (κ1) is 17.6. The molecule has 2 fully saturated rings. The van der Waals surface area contributed by atoms with E-state index in [1.165, 1.54) is 45.1 Å². The second-order valence-electron chi connectivity index (χ2n) is 8.01. The highest BCUT2D eigenvalue weighted by Gasteiger charge is 2.22. The first-order valence-electron chi connectivity index (χ1n) is 10.3. The number of aromatic nitrogens is 1. The van der Waals surface area contributed by atoms with Crippen molar-refractivity contribution in [3.8, 4) is 5.75 Å². The lowest BCUT2D eigenvalue weighted by Crippen LogP contribution is -2.39. The number of hydrogen-bond donors (Lipinski definition) is 1. The van der Waals surface area contributed by atoms with Crippen molar-refractivity contribution in [2.45, 2.75) is 57.5 Å². The summed E-state index contributed by atoms with van der Waals surface area (Å²) in [5, 5.41) is 1.66. The van der Waals surface area contributed by atoms with Crippen molar-refractivity contribution in [1.82, 2.24) is 9.88 Å². The molecule has 140 valence electrons. The van der Waals surface area contributed by atoms with Gasteiger partial charge in [0.15, 0.2) is 0 Å². The number of benzene rings is 1. The lowest BCUT2D eigenvalue weighted by atomic mass is 9.87. The summed E-state index contributed by atoms with van der Waals surface area (Å²) in [5.41, 5.74) is -0.0414. The molecule has 2 heterocycles. The third-order valence-electron chi connectivity index (χ3n) is 6.16. The minimum absolute atomic E-state index is 0.0414. The lowest BCUT2D eigenvalue weighted by molar-refractivity contribution is 0.0957. The zero-order valence-corrected chi connectivity index (χ0v) is 15.6. The van der Waals surface area contributed by atoms with E-state index in [2.05, 4.69) is 9.88 Å². The number of piperidine rings is 1. The molecule has 4 heteroatoms. The molecule has 2 aliphatic rings. The fourth-order valence-corrected chi connectivity index (χ4v) is 4.53. The topological polar surface area (TPSA) is 45.3 Å². The highest BCUT2D eigenvalue weighted by molar-refractivity contribution is 5.82. The van der Waals surface area contributed by atoms with Gasteiger partial charge in [0.1, 0.15) is 11.9 Å². The Labute approximate surface area is 155 Å². The number of rotatable bonds is 5. The molecule has 4 nitrogen and oxygen atoms in total. The average molecular weight is 354 g/mol. The highest BCUT2D eigenvalue weighted by Crippen LogP contribution is 2.27. The molecular formula is C22H30N2O2. The molecule has 0 atom stereocenters. The van der Waals surface area contributed by atoms with Gasteiger partial charge in [-0.05, 0) is 61.4 Å². The van der Waals surface area contributed by atoms with E-state index in [-0.39, 0.29) is 5.56 Å². The Balaban J connectivity index is 1.26. The van der Waals surface area contributed by atoms with Gasteiger partial charge in [0.05, 0.1) is 0 Å². The summed E-state index contributed by atoms with van der Waals surface area (Å²) in [6.45, 7) is 3.55. The normalized spacial score (nSPS) is 20.5. The monoisotopic (exact) mass is 354 g/mol. The van der Waals surface area contributed by atoms with E-state index in [4.69, 9.17) is 4.74 Å². The van der Waals surface area contributed by atoms with Gasteiger partial charge in [-0.25, -0.2) is 0 Å². The number of nitrogens with one attached hydrogen (secondary N) is 1. The van der Waals surface area contributed by atoms with Crippen LogP contribution in [0.1, 0.15) is 51.4 Å². The minimum Gasteiger partial charge on any atom is -0.490 e. The summed E-state index contributed by atoms with van der Waals surface area (Å²) in [5.74, 6) is 1.85. The van der Waals surface area contributed by atoms with Crippen molar-refractivity contribution in [3.05, 3.63) is 40.8 Å². The zero-order valence-electron chi connectivity index (χ0n) is 15.6. The minimum atomic E-state index is -0.0414. The second kappa shape index (κ2) is 8.26. The number of pyridine rings is 1. The van der Waals surface area contributed by atoms with Gasteiger partial charge in [-0.3, -0.25) is 4.79 Å². The quantitative estimate of drug-likeness (QED) is 0.869. The van der Waals surface area contributed by atoms with Crippen molar-refractivity contribution in [2.75, 3.05) is 19.6 Å². The number of aromatic amines is 1. The van der Waals surface area contributed by atoms with Crippen LogP contribution in [0.3, 0.4) is 0 Å². The fraction of sp³-hybridized carbons (Fsp3) is 0.591. The predicted octanol–water partition coefficient (Wildman–Crippen LogP) is 4.34. The standard InChI is InChI=1S/C22H30N2O2/c25-22-21-7-6-20(16-18(21)8-12-23-22)26-19-10-14-24(15-11-19)13-9-17-4-2-1-3-5-17/h6-8,12,16-17,19H,1-5,9-11,13-15H2,(H,23,25). The predicted molar refractivity (Wildman–Crippen MR) is 106 cm³/mol. The smallest absolute Gasteiger partial charge is 0.255 e. The molecule has 1 N–H and O–H groups in total. The molecule has 1 aromatic carbocycles. The van der Waals surface area contributed by atoms with Gasteiger partial charge >= 0.3 is 0 Å². The number of likely N-dealkylation sites (tertiary alicyclic amines) is 1. The van der Waals surface area contributed by atoms with E-state index in [9.17, 15) is 4.79 Å². The van der Waals surface area contributed by atoms with Gasteiger partial charge in [-0.2, -0.15) is 0 Å². The Bertz CT molecular complexity index is 771. The van der Waals surface area contributed by atoms with Gasteiger partial charge in [-0.1, -0.05) is 32.1 Å². The molecule has 26 heavy (non-hydrogen) atoms. The summed E-state index contributed by atoms with van der Waals surface area (Å²) < 4.78 is 6.21. The summed E-state index contributed by atoms with van der Waals surface area (Å²) in [6, 6.07) is 7.70. The van der Waals surface area contributed by atoms with Gasteiger partial charge in [-0.15, -0.1) is 0 Å². The number of nitrogens with zero attached hydrogens (tertiary/aromatic N) is 1. The first-order valence-corrected chi connectivity index (χ1v) is 10.3. The second-order valence-corrected chi connectivity index (χ2v) is 8.01. The summed E-state index contributed by atoms with van der Waals surface area (Å²) in [7, 11) is 0. The van der Waals surface area contributed by atoms with Gasteiger partial charge < -0.3 is 14.6 Å². The van der Waals surface area contributed by atoms with Crippen molar-refractivity contribution < 1.29 is 4.74 Å². The molecule has 1 aliphatic carbocycles. The molecule has 0 bridgehead atoms. The fourth-order valence-electron chi connectivity index (χ4n) is 4.53. The zero-order chi connectivity index (χ0) is 17.8. The molecule has 0 radical (unpaired) electrons. The third kappa shape index (κ3) is 4.29. The van der Waals surface area contributed by atoms with Crippen LogP contribution in [-0.4, -0.2) is 35.6 Å². The van der Waals surface area contributed by atoms with Crippen LogP contribution in [0.15, 0.2) is 35.3 Å². The molecule has 0 amide bonds. The molecule has 0 spiro atoms. The first-order chi connectivity index (χ1) is 12.8. The van der Waals surface area contributed by atoms with Crippen LogP contribution < -0.4 is 10.3 Å².